The van der Waals surface area contributed by atoms with Crippen LogP contribution >= 0.6 is 0 Å². The van der Waals surface area contributed by atoms with Crippen molar-refractivity contribution in [2.75, 3.05) is 13.6 Å². The van der Waals surface area contributed by atoms with E-state index in [1.165, 1.54) is 0 Å². The lowest BCUT2D eigenvalue weighted by atomic mass is 10.1. The van der Waals surface area contributed by atoms with Crippen LogP contribution in [-0.4, -0.2) is 49.5 Å². The minimum absolute atomic E-state index is 0.0736. The molecule has 1 aliphatic rings. The van der Waals surface area contributed by atoms with E-state index in [9.17, 15) is 9.59 Å². The van der Waals surface area contributed by atoms with E-state index in [-0.39, 0.29) is 24.3 Å². The maximum atomic E-state index is 13.0. The van der Waals surface area contributed by atoms with Crippen molar-refractivity contribution in [1.29, 1.82) is 0 Å². The topological polar surface area (TPSA) is 84.5 Å². The molecule has 3 aromatic heterocycles. The van der Waals surface area contributed by atoms with Crippen LogP contribution in [0, 0.1) is 0 Å². The number of hydrogen-bond donors (Lipinski definition) is 1. The van der Waals surface area contributed by atoms with Crippen molar-refractivity contribution < 1.29 is 9.59 Å². The Morgan fingerprint density at radius 3 is 3.04 bits per heavy atom. The molecule has 0 radical (unpaired) electrons. The van der Waals surface area contributed by atoms with E-state index in [1.807, 2.05) is 35.1 Å². The van der Waals surface area contributed by atoms with E-state index in [4.69, 9.17) is 0 Å². The average molecular weight is 338 g/mol. The first-order valence-electron chi connectivity index (χ1n) is 8.11. The summed E-state index contributed by atoms with van der Waals surface area (Å²) in [4.78, 5) is 30.9. The third-order valence-corrected chi connectivity index (χ3v) is 4.51. The summed E-state index contributed by atoms with van der Waals surface area (Å²) in [6.07, 6.45) is 5.40. The number of nitrogens with zero attached hydrogens (tertiary/aromatic N) is 5. The monoisotopic (exact) mass is 338 g/mol. The molecule has 2 amide bonds. The predicted molar refractivity (Wildman–Crippen MR) is 89.9 cm³/mol. The van der Waals surface area contributed by atoms with Gasteiger partial charge in [0.25, 0.3) is 5.91 Å². The van der Waals surface area contributed by atoms with Gasteiger partial charge in [0.1, 0.15) is 11.3 Å². The van der Waals surface area contributed by atoms with Gasteiger partial charge < -0.3 is 10.2 Å². The summed E-state index contributed by atoms with van der Waals surface area (Å²) in [5, 5.41) is 6.95. The average Bonchev–Trinajstić information content (AvgIpc) is 3.27. The van der Waals surface area contributed by atoms with Gasteiger partial charge in [-0.05, 0) is 18.2 Å². The normalized spacial score (nSPS) is 16.7. The molecule has 3 aromatic rings. The van der Waals surface area contributed by atoms with Crippen LogP contribution in [0.1, 0.15) is 28.6 Å². The van der Waals surface area contributed by atoms with Crippen LogP contribution < -0.4 is 5.32 Å². The second kappa shape index (κ2) is 6.04. The highest BCUT2D eigenvalue weighted by Crippen LogP contribution is 2.24. The Kier molecular flexibility index (Phi) is 3.72. The summed E-state index contributed by atoms with van der Waals surface area (Å²) in [6.45, 7) is 0.893. The molecule has 0 spiro atoms. The Bertz CT molecular complexity index is 943. The van der Waals surface area contributed by atoms with Gasteiger partial charge in [0.15, 0.2) is 0 Å². The molecule has 0 bridgehead atoms. The molecule has 25 heavy (non-hydrogen) atoms. The summed E-state index contributed by atoms with van der Waals surface area (Å²) in [5.41, 5.74) is 2.17. The second-order valence-corrected chi connectivity index (χ2v) is 6.06. The molecule has 0 aliphatic carbocycles. The summed E-state index contributed by atoms with van der Waals surface area (Å²) in [6, 6.07) is 7.31. The molecule has 4 heterocycles. The van der Waals surface area contributed by atoms with Gasteiger partial charge in [0.2, 0.25) is 5.91 Å². The Balaban J connectivity index is 1.64. The lowest BCUT2D eigenvalue weighted by molar-refractivity contribution is -0.121. The molecule has 1 N–H and O–H groups in total. The van der Waals surface area contributed by atoms with E-state index >= 15 is 0 Å². The first-order chi connectivity index (χ1) is 12.2. The van der Waals surface area contributed by atoms with Crippen LogP contribution in [0.15, 0.2) is 42.9 Å². The highest BCUT2D eigenvalue weighted by molar-refractivity contribution is 5.93. The number of amides is 2. The molecular weight excluding hydrogens is 320 g/mol. The molecule has 0 aromatic carbocycles. The third kappa shape index (κ3) is 2.65. The van der Waals surface area contributed by atoms with E-state index in [0.717, 1.165) is 11.3 Å². The van der Waals surface area contributed by atoms with Crippen molar-refractivity contribution in [3.63, 3.8) is 0 Å². The van der Waals surface area contributed by atoms with E-state index in [2.05, 4.69) is 15.4 Å². The number of nitrogens with one attached hydrogen (secondary N) is 1. The molecular formula is C17H18N6O2. The van der Waals surface area contributed by atoms with Crippen LogP contribution in [0.4, 0.5) is 0 Å². The van der Waals surface area contributed by atoms with Crippen molar-refractivity contribution in [3.05, 3.63) is 54.2 Å². The predicted octanol–water partition coefficient (Wildman–Crippen LogP) is 0.864. The molecule has 0 saturated heterocycles. The van der Waals surface area contributed by atoms with Crippen LogP contribution in [0.3, 0.4) is 0 Å². The minimum atomic E-state index is -0.179. The summed E-state index contributed by atoms with van der Waals surface area (Å²) in [7, 11) is 1.61. The van der Waals surface area contributed by atoms with Crippen LogP contribution in [0.25, 0.3) is 5.65 Å². The molecule has 4 rings (SSSR count). The molecule has 8 nitrogen and oxygen atoms in total. The quantitative estimate of drug-likeness (QED) is 0.768. The highest BCUT2D eigenvalue weighted by Gasteiger charge is 2.31. The Morgan fingerprint density at radius 1 is 1.32 bits per heavy atom. The van der Waals surface area contributed by atoms with Gasteiger partial charge in [-0.1, -0.05) is 6.07 Å². The zero-order valence-corrected chi connectivity index (χ0v) is 13.8. The van der Waals surface area contributed by atoms with Crippen molar-refractivity contribution in [2.45, 2.75) is 19.0 Å². The van der Waals surface area contributed by atoms with Crippen molar-refractivity contribution in [1.82, 2.24) is 29.4 Å². The summed E-state index contributed by atoms with van der Waals surface area (Å²) >= 11 is 0. The van der Waals surface area contributed by atoms with Crippen LogP contribution in [-0.2, 0) is 11.3 Å². The van der Waals surface area contributed by atoms with Crippen molar-refractivity contribution in [3.8, 4) is 0 Å². The maximum absolute atomic E-state index is 13.0. The zero-order valence-electron chi connectivity index (χ0n) is 13.8. The summed E-state index contributed by atoms with van der Waals surface area (Å²) in [5.74, 6) is -0.177. The van der Waals surface area contributed by atoms with Crippen molar-refractivity contribution in [2.24, 2.45) is 0 Å². The Morgan fingerprint density at radius 2 is 2.20 bits per heavy atom. The van der Waals surface area contributed by atoms with Gasteiger partial charge in [-0.2, -0.15) is 5.10 Å². The SMILES string of the molecule is CNC(=O)CC1CN(C(=O)c2cnc3ccccn23)Cc2ccnn21. The molecule has 0 saturated carbocycles. The number of fused-ring (bicyclic) bond motifs is 2. The van der Waals surface area contributed by atoms with Gasteiger partial charge in [-0.25, -0.2) is 4.98 Å². The molecule has 1 atom stereocenters. The third-order valence-electron chi connectivity index (χ3n) is 4.51. The van der Waals surface area contributed by atoms with Gasteiger partial charge in [0.05, 0.1) is 30.9 Å². The van der Waals surface area contributed by atoms with Crippen molar-refractivity contribution >= 4 is 17.5 Å². The van der Waals surface area contributed by atoms with E-state index in [0.29, 0.717) is 18.8 Å². The number of hydrogen-bond acceptors (Lipinski definition) is 4. The fourth-order valence-electron chi connectivity index (χ4n) is 3.26. The lowest BCUT2D eigenvalue weighted by Crippen LogP contribution is -2.43. The first-order valence-corrected chi connectivity index (χ1v) is 8.11. The standard InChI is InChI=1S/C17H18N6O2/c1-18-16(24)8-13-11-21(10-12-5-6-20-23(12)13)17(25)14-9-19-15-4-2-3-7-22(14)15/h2-7,9,13H,8,10-11H2,1H3,(H,18,24). The van der Waals surface area contributed by atoms with E-state index < -0.39 is 0 Å². The molecule has 128 valence electrons. The lowest BCUT2D eigenvalue weighted by Gasteiger charge is -2.33. The number of imidazole rings is 1. The largest absolute Gasteiger partial charge is 0.359 e. The fourth-order valence-corrected chi connectivity index (χ4v) is 3.26. The summed E-state index contributed by atoms with van der Waals surface area (Å²) < 4.78 is 3.62. The Hall–Kier alpha value is -3.16. The van der Waals surface area contributed by atoms with Gasteiger partial charge >= 0.3 is 0 Å². The second-order valence-electron chi connectivity index (χ2n) is 6.06. The fraction of sp³-hybridized carbons (Fsp3) is 0.294. The number of aromatic nitrogens is 4. The van der Waals surface area contributed by atoms with Gasteiger partial charge in [-0.3, -0.25) is 18.7 Å². The van der Waals surface area contributed by atoms with Crippen LogP contribution in [0.2, 0.25) is 0 Å². The molecule has 8 heteroatoms. The van der Waals surface area contributed by atoms with E-state index in [1.54, 1.807) is 28.7 Å². The maximum Gasteiger partial charge on any atom is 0.272 e. The minimum Gasteiger partial charge on any atom is -0.359 e. The molecule has 1 unspecified atom stereocenters. The number of pyridine rings is 1. The molecule has 1 aliphatic heterocycles. The Labute approximate surface area is 144 Å². The van der Waals surface area contributed by atoms with Gasteiger partial charge in [-0.15, -0.1) is 0 Å². The smallest absolute Gasteiger partial charge is 0.272 e. The number of rotatable bonds is 3. The number of carbonyl (C=O) groups is 2. The highest BCUT2D eigenvalue weighted by atomic mass is 16.2. The van der Waals surface area contributed by atoms with Gasteiger partial charge in [0, 0.05) is 26.0 Å². The van der Waals surface area contributed by atoms with Crippen LogP contribution in [0.5, 0.6) is 0 Å². The first kappa shape index (κ1) is 15.4. The molecule has 0 fully saturated rings. The zero-order chi connectivity index (χ0) is 17.4. The number of carbonyl (C=O) groups excluding carboxylic acids is 2.